The average Bonchev–Trinajstić information content (AvgIpc) is 2.10. The number of aromatic nitrogens is 1. The molecular weight excluding hydrogens is 98.1 g/mol. The van der Waals surface area contributed by atoms with Crippen molar-refractivity contribution < 1.29 is 12.3 Å². The van der Waals surface area contributed by atoms with E-state index in [-0.39, 0.29) is 0 Å². The van der Waals surface area contributed by atoms with E-state index in [2.05, 4.69) is 4.98 Å². The molecule has 0 bridgehead atoms. The molecule has 0 aliphatic carbocycles. The second-order valence-electron chi connectivity index (χ2n) is 1.18. The Morgan fingerprint density at radius 2 is 2.12 bits per heavy atom. The third kappa shape index (κ3) is 1.06. The Hall–Kier alpha value is -0.850. The Bertz CT molecular complexity index is 406. The summed E-state index contributed by atoms with van der Waals surface area (Å²) >= 11 is 0. The maximum Gasteiger partial charge on any atom is 0.0642 e. The average molecular weight is 116 g/mol. The van der Waals surface area contributed by atoms with Crippen molar-refractivity contribution in [1.82, 2.24) is 4.98 Å². The highest BCUT2D eigenvalue weighted by Crippen LogP contribution is 1.93. The normalized spacial score (nSPS) is 28.8. The number of rotatable bonds is 0. The molecule has 0 N–H and O–H groups in total. The Kier molecular flexibility index (Phi) is 0.253. The minimum atomic E-state index is -2.78. The molecule has 1 rings (SSSR count). The molecular formula is C7H9N. The molecule has 1 heterocycles. The Balaban J connectivity index is 3.63. The summed E-state index contributed by atoms with van der Waals surface area (Å²) in [5.41, 5.74) is -1.52. The van der Waals surface area contributed by atoms with Crippen molar-refractivity contribution in [2.75, 3.05) is 0 Å². The van der Waals surface area contributed by atoms with Gasteiger partial charge in [-0.25, -0.2) is 0 Å². The van der Waals surface area contributed by atoms with Gasteiger partial charge in [0.05, 0.1) is 4.11 Å². The van der Waals surface area contributed by atoms with E-state index in [0.717, 1.165) is 0 Å². The van der Waals surface area contributed by atoms with Crippen LogP contribution in [0.3, 0.4) is 0 Å². The van der Waals surface area contributed by atoms with Crippen molar-refractivity contribution in [3.63, 3.8) is 0 Å². The van der Waals surface area contributed by atoms with Crippen LogP contribution in [0.25, 0.3) is 0 Å². The van der Waals surface area contributed by atoms with Gasteiger partial charge in [0.2, 0.25) is 0 Å². The van der Waals surface area contributed by atoms with Gasteiger partial charge in [-0.3, -0.25) is 4.98 Å². The van der Waals surface area contributed by atoms with Crippen molar-refractivity contribution in [2.45, 2.75) is 13.7 Å². The Morgan fingerprint density at radius 1 is 1.50 bits per heavy atom. The Morgan fingerprint density at radius 3 is 2.62 bits per heavy atom. The highest BCUT2D eigenvalue weighted by atomic mass is 14.7. The molecule has 0 atom stereocenters. The minimum absolute atomic E-state index is 0.733. The highest BCUT2D eigenvalue weighted by Gasteiger charge is 1.82. The molecule has 0 radical (unpaired) electrons. The first-order chi connectivity index (χ1) is 7.46. The largest absolute Gasteiger partial charge is 0.258 e. The molecule has 1 nitrogen and oxygen atoms in total. The number of nitrogens with zero attached hydrogens (tertiary/aromatic N) is 1. The second kappa shape index (κ2) is 1.95. The predicted octanol–water partition coefficient (Wildman–Crippen LogP) is 1.70. The zero-order valence-corrected chi connectivity index (χ0v) is 3.95. The zero-order valence-electron chi connectivity index (χ0n) is 12.9. The Labute approximate surface area is 62.0 Å². The topological polar surface area (TPSA) is 12.9 Å². The van der Waals surface area contributed by atoms with E-state index in [1.54, 1.807) is 0 Å². The molecule has 1 aromatic heterocycles. The summed E-state index contributed by atoms with van der Waals surface area (Å²) in [6.45, 7) is -5.55. The van der Waals surface area contributed by atoms with E-state index >= 15 is 0 Å². The smallest absolute Gasteiger partial charge is 0.0642 e. The second-order valence-corrected chi connectivity index (χ2v) is 1.18. The van der Waals surface area contributed by atoms with E-state index in [0.29, 0.717) is 0 Å². The van der Waals surface area contributed by atoms with Gasteiger partial charge in [0.15, 0.2) is 0 Å². The fourth-order valence-electron chi connectivity index (χ4n) is 0.317. The lowest BCUT2D eigenvalue weighted by atomic mass is 10.3. The first-order valence-corrected chi connectivity index (χ1v) is 1.95. The fourth-order valence-corrected chi connectivity index (χ4v) is 0.317. The van der Waals surface area contributed by atoms with Crippen LogP contribution in [0.2, 0.25) is 0 Å². The summed E-state index contributed by atoms with van der Waals surface area (Å²) in [5.74, 6) is 0. The van der Waals surface area contributed by atoms with E-state index < -0.39 is 43.2 Å². The molecule has 0 aromatic carbocycles. The summed E-state index contributed by atoms with van der Waals surface area (Å²) < 4.78 is 64.8. The van der Waals surface area contributed by atoms with Gasteiger partial charge >= 0.3 is 0 Å². The number of pyridine rings is 1. The predicted molar refractivity (Wildman–Crippen MR) is 33.7 cm³/mol. The van der Waals surface area contributed by atoms with Crippen LogP contribution in [-0.4, -0.2) is 4.98 Å². The van der Waals surface area contributed by atoms with Crippen molar-refractivity contribution in [1.29, 1.82) is 0 Å². The quantitative estimate of drug-likeness (QED) is 0.502. The monoisotopic (exact) mass is 116 g/mol. The summed E-state index contributed by atoms with van der Waals surface area (Å²) in [6, 6.07) is -2.21. The van der Waals surface area contributed by atoms with Gasteiger partial charge in [-0.05, 0) is 25.8 Å². The maximum atomic E-state index is 7.38. The summed E-state index contributed by atoms with van der Waals surface area (Å²) in [7, 11) is 0. The number of aryl methyl sites for hydroxylation is 2. The third-order valence-corrected chi connectivity index (χ3v) is 0.585. The number of hydrogen-bond donors (Lipinski definition) is 0. The van der Waals surface area contributed by atoms with Crippen LogP contribution in [0.1, 0.15) is 23.7 Å². The highest BCUT2D eigenvalue weighted by molar-refractivity contribution is 5.07. The molecule has 1 heteroatoms. The van der Waals surface area contributed by atoms with E-state index in [1.165, 1.54) is 0 Å². The van der Waals surface area contributed by atoms with E-state index in [1.807, 2.05) is 0 Å². The van der Waals surface area contributed by atoms with Crippen LogP contribution >= 0.6 is 0 Å². The third-order valence-electron chi connectivity index (χ3n) is 0.585. The van der Waals surface area contributed by atoms with Crippen molar-refractivity contribution in [2.24, 2.45) is 0 Å². The van der Waals surface area contributed by atoms with Crippen LogP contribution in [-0.2, 0) is 0 Å². The van der Waals surface area contributed by atoms with Gasteiger partial charge in [-0.1, -0.05) is 6.04 Å². The summed E-state index contributed by atoms with van der Waals surface area (Å²) in [4.78, 5) is 3.36. The van der Waals surface area contributed by atoms with Gasteiger partial charge in [0.1, 0.15) is 0 Å². The van der Waals surface area contributed by atoms with Gasteiger partial charge in [0.25, 0.3) is 0 Å². The van der Waals surface area contributed by atoms with E-state index in [4.69, 9.17) is 12.3 Å². The standard InChI is InChI=1S/C7H9N/c1-6-4-3-5-7(2)8-6/h3-5H,1-2H3/i1D3,2D3,3D,4D,5D. The zero-order chi connectivity index (χ0) is 13.6. The molecule has 0 amide bonds. The van der Waals surface area contributed by atoms with Gasteiger partial charge in [0, 0.05) is 19.6 Å². The van der Waals surface area contributed by atoms with Crippen LogP contribution in [0.5, 0.6) is 0 Å². The molecule has 0 fully saturated rings. The van der Waals surface area contributed by atoms with Gasteiger partial charge < -0.3 is 0 Å². The SMILES string of the molecule is [2H]c1c(C([2H])([2H])[2H])nc(C([2H])([2H])[2H])c([2H])c1[2H]. The van der Waals surface area contributed by atoms with Crippen LogP contribution in [0.4, 0.5) is 0 Å². The van der Waals surface area contributed by atoms with E-state index in [9.17, 15) is 0 Å². The molecule has 0 saturated heterocycles. The first-order valence-electron chi connectivity index (χ1n) is 6.45. The summed E-state index contributed by atoms with van der Waals surface area (Å²) in [5, 5.41) is 0. The number of hydrogen-bond acceptors (Lipinski definition) is 1. The lowest BCUT2D eigenvalue weighted by Gasteiger charge is -1.90. The van der Waals surface area contributed by atoms with Crippen LogP contribution in [0.15, 0.2) is 18.1 Å². The summed E-state index contributed by atoms with van der Waals surface area (Å²) in [6.07, 6.45) is 0. The molecule has 0 saturated carbocycles. The lowest BCUT2D eigenvalue weighted by Crippen LogP contribution is -1.81. The molecule has 0 aliphatic heterocycles. The molecule has 1 aromatic rings. The minimum Gasteiger partial charge on any atom is -0.258 e. The van der Waals surface area contributed by atoms with Gasteiger partial charge in [-0.2, -0.15) is 0 Å². The van der Waals surface area contributed by atoms with Crippen molar-refractivity contribution >= 4 is 0 Å². The molecule has 0 spiro atoms. The maximum absolute atomic E-state index is 7.38. The lowest BCUT2D eigenvalue weighted by molar-refractivity contribution is 1.12. The van der Waals surface area contributed by atoms with Crippen molar-refractivity contribution in [3.05, 3.63) is 29.5 Å². The fraction of sp³-hybridized carbons (Fsp3) is 0.286. The molecule has 8 heavy (non-hydrogen) atoms. The van der Waals surface area contributed by atoms with Crippen molar-refractivity contribution in [3.8, 4) is 0 Å². The first kappa shape index (κ1) is 1.04. The molecule has 42 valence electrons. The molecule has 0 unspecified atom stereocenters. The van der Waals surface area contributed by atoms with Crippen LogP contribution < -0.4 is 0 Å². The van der Waals surface area contributed by atoms with Gasteiger partial charge in [-0.15, -0.1) is 0 Å². The molecule has 0 aliphatic rings. The van der Waals surface area contributed by atoms with Crippen LogP contribution in [0, 0.1) is 13.7 Å².